The Morgan fingerprint density at radius 1 is 1.43 bits per heavy atom. The average Bonchev–Trinajstić information content (AvgIpc) is 2.48. The maximum absolute atomic E-state index is 11.4. The molecule has 0 saturated carbocycles. The van der Waals surface area contributed by atoms with Crippen molar-refractivity contribution in [2.75, 3.05) is 7.11 Å². The standard InChI is InChI=1S/C14H20N2O5/c1-4-14(5-2,13(17)18)15-9-10-6-7-12(21-3)11(8-10)16(19)20/h6-8,15H,4-5,9H2,1-3H3,(H,17,18). The number of carbonyl (C=O) groups is 1. The molecule has 1 aromatic carbocycles. The minimum absolute atomic E-state index is 0.134. The van der Waals surface area contributed by atoms with Crippen molar-refractivity contribution in [3.8, 4) is 5.75 Å². The van der Waals surface area contributed by atoms with Gasteiger partial charge in [-0.25, -0.2) is 0 Å². The van der Waals surface area contributed by atoms with Crippen LogP contribution < -0.4 is 10.1 Å². The Hall–Kier alpha value is -2.15. The highest BCUT2D eigenvalue weighted by molar-refractivity contribution is 5.78. The quantitative estimate of drug-likeness (QED) is 0.564. The molecule has 7 heteroatoms. The number of nitro benzene ring substituents is 1. The van der Waals surface area contributed by atoms with Crippen molar-refractivity contribution in [1.82, 2.24) is 5.32 Å². The van der Waals surface area contributed by atoms with E-state index in [1.807, 2.05) is 0 Å². The van der Waals surface area contributed by atoms with Crippen molar-refractivity contribution in [3.05, 3.63) is 33.9 Å². The van der Waals surface area contributed by atoms with Gasteiger partial charge in [0, 0.05) is 12.6 Å². The summed E-state index contributed by atoms with van der Waals surface area (Å²) in [6.07, 6.45) is 0.855. The molecule has 1 aromatic rings. The number of nitro groups is 1. The van der Waals surface area contributed by atoms with E-state index < -0.39 is 16.4 Å². The number of methoxy groups -OCH3 is 1. The third-order valence-corrected chi connectivity index (χ3v) is 3.69. The minimum Gasteiger partial charge on any atom is -0.490 e. The Bertz CT molecular complexity index is 526. The van der Waals surface area contributed by atoms with Crippen LogP contribution in [-0.2, 0) is 11.3 Å². The summed E-state index contributed by atoms with van der Waals surface area (Å²) in [4.78, 5) is 21.8. The van der Waals surface area contributed by atoms with Gasteiger partial charge in [0.1, 0.15) is 5.54 Å². The Balaban J connectivity index is 2.96. The minimum atomic E-state index is -1.02. The van der Waals surface area contributed by atoms with E-state index in [4.69, 9.17) is 4.74 Å². The summed E-state index contributed by atoms with van der Waals surface area (Å²) in [6.45, 7) is 3.82. The molecule has 0 aromatic heterocycles. The summed E-state index contributed by atoms with van der Waals surface area (Å²) in [5.41, 5.74) is -0.518. The fourth-order valence-corrected chi connectivity index (χ4v) is 2.14. The molecule has 21 heavy (non-hydrogen) atoms. The predicted molar refractivity (Wildman–Crippen MR) is 77.4 cm³/mol. The second kappa shape index (κ2) is 7.03. The zero-order chi connectivity index (χ0) is 16.0. The second-order valence-electron chi connectivity index (χ2n) is 4.71. The van der Waals surface area contributed by atoms with Crippen molar-refractivity contribution in [2.24, 2.45) is 0 Å². The molecule has 0 atom stereocenters. The number of hydrogen-bond acceptors (Lipinski definition) is 5. The summed E-state index contributed by atoms with van der Waals surface area (Å²) >= 11 is 0. The lowest BCUT2D eigenvalue weighted by molar-refractivity contribution is -0.385. The third-order valence-electron chi connectivity index (χ3n) is 3.69. The monoisotopic (exact) mass is 296 g/mol. The number of carboxylic acid groups (broad SMARTS) is 1. The molecule has 0 aliphatic rings. The predicted octanol–water partition coefficient (Wildman–Crippen LogP) is 2.34. The number of aliphatic carboxylic acids is 1. The van der Waals surface area contributed by atoms with E-state index in [9.17, 15) is 20.0 Å². The largest absolute Gasteiger partial charge is 0.490 e. The van der Waals surface area contributed by atoms with Crippen molar-refractivity contribution in [3.63, 3.8) is 0 Å². The molecule has 0 aliphatic carbocycles. The Kier molecular flexibility index (Phi) is 5.66. The van der Waals surface area contributed by atoms with Crippen LogP contribution in [0.25, 0.3) is 0 Å². The Morgan fingerprint density at radius 2 is 2.05 bits per heavy atom. The molecule has 0 fully saturated rings. The van der Waals surface area contributed by atoms with E-state index in [1.54, 1.807) is 19.9 Å². The van der Waals surface area contributed by atoms with Crippen LogP contribution in [0.3, 0.4) is 0 Å². The van der Waals surface area contributed by atoms with Gasteiger partial charge in [-0.15, -0.1) is 0 Å². The van der Waals surface area contributed by atoms with Crippen molar-refractivity contribution >= 4 is 11.7 Å². The molecule has 0 heterocycles. The first-order chi connectivity index (χ1) is 9.90. The number of rotatable bonds is 8. The van der Waals surface area contributed by atoms with Gasteiger partial charge < -0.3 is 9.84 Å². The summed E-state index contributed by atoms with van der Waals surface area (Å²) in [5.74, 6) is -0.741. The molecular formula is C14H20N2O5. The van der Waals surface area contributed by atoms with Gasteiger partial charge in [0.25, 0.3) is 0 Å². The van der Waals surface area contributed by atoms with Crippen LogP contribution in [0.5, 0.6) is 5.75 Å². The third kappa shape index (κ3) is 3.69. The van der Waals surface area contributed by atoms with E-state index in [2.05, 4.69) is 5.32 Å². The van der Waals surface area contributed by atoms with Gasteiger partial charge in [-0.1, -0.05) is 19.9 Å². The van der Waals surface area contributed by atoms with Gasteiger partial charge in [0.2, 0.25) is 0 Å². The topological polar surface area (TPSA) is 102 Å². The fraction of sp³-hybridized carbons (Fsp3) is 0.500. The summed E-state index contributed by atoms with van der Waals surface area (Å²) in [7, 11) is 1.36. The molecule has 0 saturated heterocycles. The zero-order valence-corrected chi connectivity index (χ0v) is 12.4. The normalized spacial score (nSPS) is 11.2. The van der Waals surface area contributed by atoms with Gasteiger partial charge in [0.15, 0.2) is 5.75 Å². The molecule has 2 N–H and O–H groups in total. The Labute approximate surface area is 123 Å². The lowest BCUT2D eigenvalue weighted by Crippen LogP contribution is -2.50. The number of nitrogens with one attached hydrogen (secondary N) is 1. The molecule has 0 amide bonds. The highest BCUT2D eigenvalue weighted by Gasteiger charge is 2.34. The van der Waals surface area contributed by atoms with Gasteiger partial charge in [-0.3, -0.25) is 20.2 Å². The van der Waals surface area contributed by atoms with Crippen LogP contribution in [0.15, 0.2) is 18.2 Å². The Morgan fingerprint density at radius 3 is 2.48 bits per heavy atom. The van der Waals surface area contributed by atoms with Crippen LogP contribution in [0.1, 0.15) is 32.3 Å². The van der Waals surface area contributed by atoms with Gasteiger partial charge in [-0.2, -0.15) is 0 Å². The summed E-state index contributed by atoms with van der Waals surface area (Å²) < 4.78 is 4.93. The van der Waals surface area contributed by atoms with Crippen LogP contribution in [-0.4, -0.2) is 28.6 Å². The maximum Gasteiger partial charge on any atom is 0.323 e. The van der Waals surface area contributed by atoms with Crippen LogP contribution >= 0.6 is 0 Å². The number of carboxylic acids is 1. The van der Waals surface area contributed by atoms with Crippen LogP contribution in [0.2, 0.25) is 0 Å². The maximum atomic E-state index is 11.4. The van der Waals surface area contributed by atoms with Crippen molar-refractivity contribution < 1.29 is 19.6 Å². The second-order valence-corrected chi connectivity index (χ2v) is 4.71. The van der Waals surface area contributed by atoms with Gasteiger partial charge in [-0.05, 0) is 24.5 Å². The molecule has 116 valence electrons. The van der Waals surface area contributed by atoms with E-state index in [0.717, 1.165) is 0 Å². The van der Waals surface area contributed by atoms with E-state index in [-0.39, 0.29) is 18.0 Å². The first kappa shape index (κ1) is 16.9. The average molecular weight is 296 g/mol. The number of nitrogens with zero attached hydrogens (tertiary/aromatic N) is 1. The molecule has 0 aliphatic heterocycles. The smallest absolute Gasteiger partial charge is 0.323 e. The molecule has 0 spiro atoms. The molecule has 0 unspecified atom stereocenters. The lowest BCUT2D eigenvalue weighted by atomic mass is 9.92. The molecule has 7 nitrogen and oxygen atoms in total. The van der Waals surface area contributed by atoms with Crippen molar-refractivity contribution in [2.45, 2.75) is 38.8 Å². The van der Waals surface area contributed by atoms with Crippen molar-refractivity contribution in [1.29, 1.82) is 0 Å². The highest BCUT2D eigenvalue weighted by Crippen LogP contribution is 2.28. The summed E-state index contributed by atoms with van der Waals surface area (Å²) in [6, 6.07) is 4.58. The van der Waals surface area contributed by atoms with E-state index in [1.165, 1.54) is 19.2 Å². The SMILES string of the molecule is CCC(CC)(NCc1ccc(OC)c([N+](=O)[O-])c1)C(=O)O. The molecular weight excluding hydrogens is 276 g/mol. The van der Waals surface area contributed by atoms with Gasteiger partial charge in [0.05, 0.1) is 12.0 Å². The number of ether oxygens (including phenoxy) is 1. The summed E-state index contributed by atoms with van der Waals surface area (Å²) in [5, 5.41) is 23.3. The fourth-order valence-electron chi connectivity index (χ4n) is 2.14. The van der Waals surface area contributed by atoms with Crippen LogP contribution in [0, 0.1) is 10.1 Å². The first-order valence-electron chi connectivity index (χ1n) is 6.70. The van der Waals surface area contributed by atoms with Crippen LogP contribution in [0.4, 0.5) is 5.69 Å². The van der Waals surface area contributed by atoms with Gasteiger partial charge >= 0.3 is 11.7 Å². The molecule has 1 rings (SSSR count). The first-order valence-corrected chi connectivity index (χ1v) is 6.70. The van der Waals surface area contributed by atoms with E-state index in [0.29, 0.717) is 18.4 Å². The number of benzene rings is 1. The highest BCUT2D eigenvalue weighted by atomic mass is 16.6. The lowest BCUT2D eigenvalue weighted by Gasteiger charge is -2.28. The zero-order valence-electron chi connectivity index (χ0n) is 12.4. The number of hydrogen-bond donors (Lipinski definition) is 2. The molecule has 0 radical (unpaired) electrons. The molecule has 0 bridgehead atoms. The van der Waals surface area contributed by atoms with E-state index >= 15 is 0 Å².